The molecule has 1 heterocycles. The number of hydrogen-bond donors (Lipinski definition) is 0. The Hall–Kier alpha value is -3.26. The molecule has 150 valence electrons. The molecule has 0 fully saturated rings. The predicted octanol–water partition coefficient (Wildman–Crippen LogP) is 3.51. The zero-order chi connectivity index (χ0) is 20.8. The van der Waals surface area contributed by atoms with Gasteiger partial charge in [-0.1, -0.05) is 30.3 Å². The fraction of sp³-hybridized carbons (Fsp3) is 0.190. The van der Waals surface area contributed by atoms with Crippen molar-refractivity contribution in [3.05, 3.63) is 59.7 Å². The van der Waals surface area contributed by atoms with Crippen LogP contribution in [0.4, 0.5) is 0 Å². The van der Waals surface area contributed by atoms with Gasteiger partial charge in [0, 0.05) is 5.39 Å². The largest absolute Gasteiger partial charge is 0.496 e. The second-order valence-corrected chi connectivity index (χ2v) is 8.32. The number of carbonyl (C=O) groups excluding carboxylic acids is 1. The molecule has 0 radical (unpaired) electrons. The molecule has 1 aliphatic heterocycles. The summed E-state index contributed by atoms with van der Waals surface area (Å²) in [6, 6.07) is 13.0. The summed E-state index contributed by atoms with van der Waals surface area (Å²) in [6.07, 6.45) is 0. The highest BCUT2D eigenvalue weighted by molar-refractivity contribution is 7.91. The summed E-state index contributed by atoms with van der Waals surface area (Å²) in [5.74, 6) is 0.0733. The number of ether oxygens (including phenoxy) is 4. The first-order chi connectivity index (χ1) is 14.0. The third-order valence-corrected chi connectivity index (χ3v) is 6.70. The lowest BCUT2D eigenvalue weighted by Gasteiger charge is -2.19. The molecule has 1 atom stereocenters. The Kier molecular flexibility index (Phi) is 4.58. The number of benzene rings is 3. The van der Waals surface area contributed by atoms with Crippen molar-refractivity contribution >= 4 is 26.6 Å². The number of sulfone groups is 1. The van der Waals surface area contributed by atoms with Gasteiger partial charge in [-0.15, -0.1) is 0 Å². The molecule has 0 saturated heterocycles. The Morgan fingerprint density at radius 1 is 0.862 bits per heavy atom. The van der Waals surface area contributed by atoms with E-state index in [0.717, 1.165) is 0 Å². The van der Waals surface area contributed by atoms with Crippen molar-refractivity contribution in [3.8, 4) is 17.2 Å². The number of hydrogen-bond acceptors (Lipinski definition) is 7. The lowest BCUT2D eigenvalue weighted by atomic mass is 9.98. The number of esters is 1. The second-order valence-electron chi connectivity index (χ2n) is 6.33. The van der Waals surface area contributed by atoms with Crippen LogP contribution in [0.3, 0.4) is 0 Å². The molecular weight excluding hydrogens is 396 g/mol. The molecule has 0 amide bonds. The normalized spacial score (nSPS) is 15.7. The zero-order valence-electron chi connectivity index (χ0n) is 16.0. The van der Waals surface area contributed by atoms with Crippen LogP contribution in [0.1, 0.15) is 21.4 Å². The van der Waals surface area contributed by atoms with Crippen molar-refractivity contribution in [3.63, 3.8) is 0 Å². The molecule has 1 unspecified atom stereocenters. The minimum Gasteiger partial charge on any atom is -0.496 e. The summed E-state index contributed by atoms with van der Waals surface area (Å²) < 4.78 is 48.4. The van der Waals surface area contributed by atoms with Gasteiger partial charge in [-0.3, -0.25) is 0 Å². The van der Waals surface area contributed by atoms with Crippen LogP contribution < -0.4 is 14.2 Å². The molecule has 29 heavy (non-hydrogen) atoms. The second kappa shape index (κ2) is 6.97. The number of cyclic esters (lactones) is 1. The average Bonchev–Trinajstić information content (AvgIpc) is 3.10. The van der Waals surface area contributed by atoms with Gasteiger partial charge < -0.3 is 18.9 Å². The quantitative estimate of drug-likeness (QED) is 0.590. The average molecular weight is 414 g/mol. The maximum atomic E-state index is 13.3. The Balaban J connectivity index is 2.10. The van der Waals surface area contributed by atoms with Crippen LogP contribution in [0.5, 0.6) is 17.2 Å². The minimum atomic E-state index is -4.04. The highest BCUT2D eigenvalue weighted by Gasteiger charge is 2.46. The van der Waals surface area contributed by atoms with Crippen molar-refractivity contribution < 1.29 is 32.2 Å². The van der Waals surface area contributed by atoms with E-state index in [1.807, 2.05) is 0 Å². The van der Waals surface area contributed by atoms with Gasteiger partial charge in [0.15, 0.2) is 0 Å². The molecule has 3 aromatic carbocycles. The van der Waals surface area contributed by atoms with Crippen LogP contribution >= 0.6 is 0 Å². The fourth-order valence-electron chi connectivity index (χ4n) is 3.65. The minimum absolute atomic E-state index is 0.0193. The summed E-state index contributed by atoms with van der Waals surface area (Å²) in [7, 11) is 0.274. The van der Waals surface area contributed by atoms with Gasteiger partial charge in [0.1, 0.15) is 22.8 Å². The fourth-order valence-corrected chi connectivity index (χ4v) is 5.18. The molecule has 1 aliphatic rings. The maximum Gasteiger partial charge on any atom is 0.344 e. The Labute approximate surface area is 167 Å². The van der Waals surface area contributed by atoms with E-state index >= 15 is 0 Å². The van der Waals surface area contributed by atoms with E-state index in [-0.39, 0.29) is 27.5 Å². The molecule has 3 aromatic rings. The molecule has 0 aromatic heterocycles. The number of carbonyl (C=O) groups is 1. The van der Waals surface area contributed by atoms with Gasteiger partial charge in [-0.25, -0.2) is 13.2 Å². The molecule has 8 heteroatoms. The highest BCUT2D eigenvalue weighted by Crippen LogP contribution is 2.52. The highest BCUT2D eigenvalue weighted by atomic mass is 32.2. The first kappa shape index (κ1) is 19.1. The molecular formula is C21H18O7S. The number of methoxy groups -OCH3 is 3. The van der Waals surface area contributed by atoms with Crippen LogP contribution in [0.15, 0.2) is 53.4 Å². The van der Waals surface area contributed by atoms with Crippen molar-refractivity contribution in [1.29, 1.82) is 0 Å². The van der Waals surface area contributed by atoms with Crippen molar-refractivity contribution in [1.82, 2.24) is 0 Å². The van der Waals surface area contributed by atoms with Crippen LogP contribution in [0, 0.1) is 0 Å². The molecule has 7 nitrogen and oxygen atoms in total. The van der Waals surface area contributed by atoms with Crippen LogP contribution in [0.2, 0.25) is 0 Å². The molecule has 0 bridgehead atoms. The molecule has 0 N–H and O–H groups in total. The topological polar surface area (TPSA) is 88.1 Å². The van der Waals surface area contributed by atoms with E-state index in [1.54, 1.807) is 36.4 Å². The number of rotatable bonds is 5. The smallest absolute Gasteiger partial charge is 0.344 e. The van der Waals surface area contributed by atoms with Gasteiger partial charge >= 0.3 is 5.97 Å². The van der Waals surface area contributed by atoms with Crippen LogP contribution in [-0.4, -0.2) is 35.7 Å². The van der Waals surface area contributed by atoms with E-state index in [1.165, 1.54) is 33.5 Å². The van der Waals surface area contributed by atoms with Crippen molar-refractivity contribution in [2.45, 2.75) is 10.3 Å². The maximum absolute atomic E-state index is 13.3. The number of fused-ring (bicyclic) bond motifs is 2. The van der Waals surface area contributed by atoms with E-state index in [2.05, 4.69) is 0 Å². The zero-order valence-corrected chi connectivity index (χ0v) is 16.8. The Morgan fingerprint density at radius 2 is 1.55 bits per heavy atom. The van der Waals surface area contributed by atoms with E-state index < -0.39 is 21.2 Å². The summed E-state index contributed by atoms with van der Waals surface area (Å²) in [5.41, 5.74) is -1.41. The standard InChI is InChI=1S/C21H18O7S/c1-25-14-11-7-10-13-15(14)19(27-3)16-17(18(13)26-2)21(28-20(16)22)29(23,24)12-8-5-4-6-9-12/h4-11,21H,1-3H3. The SMILES string of the molecule is COc1c2c(c(OC)c3c(OC)cccc13)C(=O)OC2S(=O)(=O)c1ccccc1. The predicted molar refractivity (Wildman–Crippen MR) is 105 cm³/mol. The first-order valence-electron chi connectivity index (χ1n) is 8.70. The first-order valence-corrected chi connectivity index (χ1v) is 10.2. The molecule has 0 aliphatic carbocycles. The van der Waals surface area contributed by atoms with E-state index in [4.69, 9.17) is 18.9 Å². The lowest BCUT2D eigenvalue weighted by Crippen LogP contribution is -2.14. The molecule has 4 rings (SSSR count). The van der Waals surface area contributed by atoms with E-state index in [0.29, 0.717) is 16.5 Å². The monoisotopic (exact) mass is 414 g/mol. The van der Waals surface area contributed by atoms with Crippen LogP contribution in [-0.2, 0) is 14.6 Å². The van der Waals surface area contributed by atoms with Crippen LogP contribution in [0.25, 0.3) is 10.8 Å². The summed E-state index contributed by atoms with van der Waals surface area (Å²) in [6.45, 7) is 0. The van der Waals surface area contributed by atoms with E-state index in [9.17, 15) is 13.2 Å². The van der Waals surface area contributed by atoms with Crippen molar-refractivity contribution in [2.24, 2.45) is 0 Å². The third kappa shape index (κ3) is 2.71. The van der Waals surface area contributed by atoms with Gasteiger partial charge in [0.25, 0.3) is 0 Å². The van der Waals surface area contributed by atoms with Gasteiger partial charge in [-0.2, -0.15) is 0 Å². The van der Waals surface area contributed by atoms with Gasteiger partial charge in [0.2, 0.25) is 15.3 Å². The summed E-state index contributed by atoms with van der Waals surface area (Å²) >= 11 is 0. The molecule has 0 spiro atoms. The van der Waals surface area contributed by atoms with Gasteiger partial charge in [0.05, 0.1) is 37.2 Å². The van der Waals surface area contributed by atoms with Crippen molar-refractivity contribution in [2.75, 3.05) is 21.3 Å². The molecule has 0 saturated carbocycles. The Bertz CT molecular complexity index is 1220. The van der Waals surface area contributed by atoms with Gasteiger partial charge in [-0.05, 0) is 18.2 Å². The Morgan fingerprint density at radius 3 is 2.17 bits per heavy atom. The summed E-state index contributed by atoms with van der Waals surface area (Å²) in [5, 5.41) is 1.05. The third-order valence-electron chi connectivity index (χ3n) is 4.87. The lowest BCUT2D eigenvalue weighted by molar-refractivity contribution is 0.0505. The summed E-state index contributed by atoms with van der Waals surface area (Å²) in [4.78, 5) is 12.8.